The maximum Gasteiger partial charge on any atom is 0.256 e. The van der Waals surface area contributed by atoms with E-state index in [2.05, 4.69) is 15.3 Å². The molecule has 0 unspecified atom stereocenters. The Kier molecular flexibility index (Phi) is 4.37. The largest absolute Gasteiger partial charge is 0.493 e. The van der Waals surface area contributed by atoms with Gasteiger partial charge in [-0.25, -0.2) is 4.98 Å². The van der Waals surface area contributed by atoms with E-state index in [0.717, 1.165) is 0 Å². The van der Waals surface area contributed by atoms with Crippen LogP contribution in [0.4, 0.5) is 5.82 Å². The van der Waals surface area contributed by atoms with Crippen LogP contribution in [0, 0.1) is 0 Å². The maximum absolute atomic E-state index is 12.1. The fourth-order valence-electron chi connectivity index (χ4n) is 1.57. The monoisotopic (exact) mass is 293 g/mol. The Hall–Kier alpha value is -2.34. The number of rotatable bonds is 4. The predicted molar refractivity (Wildman–Crippen MR) is 74.5 cm³/mol. The summed E-state index contributed by atoms with van der Waals surface area (Å²) in [7, 11) is 3.03. The maximum atomic E-state index is 12.1. The molecule has 0 radical (unpaired) electrons. The summed E-state index contributed by atoms with van der Waals surface area (Å²) >= 11 is 5.70. The number of hydrogen-bond donors (Lipinski definition) is 1. The van der Waals surface area contributed by atoms with Crippen LogP contribution >= 0.6 is 11.6 Å². The molecule has 2 rings (SSSR count). The number of anilines is 1. The molecule has 0 bridgehead atoms. The number of nitrogens with zero attached hydrogens (tertiary/aromatic N) is 2. The molecule has 1 aromatic carbocycles. The Morgan fingerprint density at radius 1 is 1.20 bits per heavy atom. The van der Waals surface area contributed by atoms with E-state index in [9.17, 15) is 4.79 Å². The normalized spacial score (nSPS) is 9.95. The molecule has 104 valence electrons. The minimum absolute atomic E-state index is 0.204. The lowest BCUT2D eigenvalue weighted by atomic mass is 10.2. The molecule has 7 heteroatoms. The minimum Gasteiger partial charge on any atom is -0.493 e. The fourth-order valence-corrected chi connectivity index (χ4v) is 1.72. The van der Waals surface area contributed by atoms with Crippen LogP contribution in [0.5, 0.6) is 11.5 Å². The van der Waals surface area contributed by atoms with Gasteiger partial charge < -0.3 is 14.8 Å². The summed E-state index contributed by atoms with van der Waals surface area (Å²) in [5.74, 6) is 0.948. The van der Waals surface area contributed by atoms with Crippen LogP contribution in [0.25, 0.3) is 0 Å². The summed E-state index contributed by atoms with van der Waals surface area (Å²) in [6.45, 7) is 0. The molecule has 0 saturated heterocycles. The highest BCUT2D eigenvalue weighted by atomic mass is 35.5. The van der Waals surface area contributed by atoms with Crippen molar-refractivity contribution in [3.05, 3.63) is 41.3 Å². The number of aromatic nitrogens is 2. The molecule has 0 aliphatic heterocycles. The molecule has 0 spiro atoms. The number of hydrogen-bond acceptors (Lipinski definition) is 5. The van der Waals surface area contributed by atoms with E-state index in [4.69, 9.17) is 21.1 Å². The van der Waals surface area contributed by atoms with Crippen LogP contribution in [0.2, 0.25) is 5.15 Å². The van der Waals surface area contributed by atoms with Crippen LogP contribution in [0.15, 0.2) is 30.6 Å². The number of ether oxygens (including phenoxy) is 2. The lowest BCUT2D eigenvalue weighted by Crippen LogP contribution is -2.13. The van der Waals surface area contributed by atoms with Crippen molar-refractivity contribution in [3.63, 3.8) is 0 Å². The van der Waals surface area contributed by atoms with Gasteiger partial charge in [0.05, 0.1) is 26.6 Å². The number of nitrogens with one attached hydrogen (secondary N) is 1. The Morgan fingerprint density at radius 2 is 1.95 bits per heavy atom. The summed E-state index contributed by atoms with van der Waals surface area (Å²) in [5.41, 5.74) is 0.407. The van der Waals surface area contributed by atoms with Gasteiger partial charge in [-0.3, -0.25) is 9.78 Å². The van der Waals surface area contributed by atoms with E-state index in [1.54, 1.807) is 18.2 Å². The van der Waals surface area contributed by atoms with E-state index in [0.29, 0.717) is 17.1 Å². The molecule has 0 atom stereocenters. The Morgan fingerprint density at radius 3 is 2.60 bits per heavy atom. The molecule has 0 aliphatic carbocycles. The number of amides is 1. The van der Waals surface area contributed by atoms with Crippen molar-refractivity contribution in [2.75, 3.05) is 19.5 Å². The highest BCUT2D eigenvalue weighted by molar-refractivity contribution is 6.29. The third kappa shape index (κ3) is 3.16. The standard InChI is InChI=1S/C13H12ClN3O3/c1-19-9-4-3-8(5-10(9)20-2)13(18)17-12-7-15-6-11(14)16-12/h3-7H,1-2H3,(H,16,17,18). The molecule has 1 amide bonds. The zero-order valence-corrected chi connectivity index (χ0v) is 11.6. The first-order chi connectivity index (χ1) is 9.63. The highest BCUT2D eigenvalue weighted by Crippen LogP contribution is 2.27. The van der Waals surface area contributed by atoms with Crippen molar-refractivity contribution in [1.82, 2.24) is 9.97 Å². The molecule has 0 fully saturated rings. The molecule has 6 nitrogen and oxygen atoms in total. The second-order valence-corrected chi connectivity index (χ2v) is 4.14. The van der Waals surface area contributed by atoms with E-state index in [1.807, 2.05) is 0 Å². The van der Waals surface area contributed by atoms with Gasteiger partial charge in [0.15, 0.2) is 17.3 Å². The molecule has 0 aliphatic rings. The van der Waals surface area contributed by atoms with Crippen LogP contribution in [0.3, 0.4) is 0 Å². The van der Waals surface area contributed by atoms with E-state index in [-0.39, 0.29) is 16.9 Å². The molecule has 2 aromatic rings. The second kappa shape index (κ2) is 6.21. The molecule has 20 heavy (non-hydrogen) atoms. The SMILES string of the molecule is COc1ccc(C(=O)Nc2cncc(Cl)n2)cc1OC. The summed E-state index contributed by atoms with van der Waals surface area (Å²) in [4.78, 5) is 19.8. The van der Waals surface area contributed by atoms with Gasteiger partial charge in [0, 0.05) is 5.56 Å². The average molecular weight is 294 g/mol. The van der Waals surface area contributed by atoms with Crippen LogP contribution in [-0.2, 0) is 0 Å². The molecular formula is C13H12ClN3O3. The van der Waals surface area contributed by atoms with Crippen molar-refractivity contribution < 1.29 is 14.3 Å². The molecule has 1 heterocycles. The Balaban J connectivity index is 2.21. The third-order valence-electron chi connectivity index (χ3n) is 2.49. The van der Waals surface area contributed by atoms with Gasteiger partial charge in [-0.1, -0.05) is 11.6 Å². The zero-order valence-electron chi connectivity index (χ0n) is 10.9. The van der Waals surface area contributed by atoms with Gasteiger partial charge in [0.1, 0.15) is 5.15 Å². The first kappa shape index (κ1) is 14.1. The topological polar surface area (TPSA) is 73.3 Å². The number of halogens is 1. The quantitative estimate of drug-likeness (QED) is 0.937. The van der Waals surface area contributed by atoms with Crippen LogP contribution in [0.1, 0.15) is 10.4 Å². The smallest absolute Gasteiger partial charge is 0.256 e. The van der Waals surface area contributed by atoms with Gasteiger partial charge in [-0.15, -0.1) is 0 Å². The van der Waals surface area contributed by atoms with Crippen LogP contribution in [-0.4, -0.2) is 30.1 Å². The number of carbonyl (C=O) groups excluding carboxylic acids is 1. The van der Waals surface area contributed by atoms with Crippen molar-refractivity contribution >= 4 is 23.3 Å². The summed E-state index contributed by atoms with van der Waals surface area (Å²) in [5, 5.41) is 2.80. The Labute approximate surface area is 120 Å². The van der Waals surface area contributed by atoms with E-state index < -0.39 is 0 Å². The van der Waals surface area contributed by atoms with Gasteiger partial charge in [-0.05, 0) is 18.2 Å². The average Bonchev–Trinajstić information content (AvgIpc) is 2.46. The van der Waals surface area contributed by atoms with Crippen molar-refractivity contribution in [2.45, 2.75) is 0 Å². The summed E-state index contributed by atoms with van der Waals surface area (Å²) < 4.78 is 10.3. The predicted octanol–water partition coefficient (Wildman–Crippen LogP) is 2.40. The lowest BCUT2D eigenvalue weighted by molar-refractivity contribution is 0.102. The summed E-state index contributed by atoms with van der Waals surface area (Å²) in [6, 6.07) is 4.85. The molecular weight excluding hydrogens is 282 g/mol. The van der Waals surface area contributed by atoms with Gasteiger partial charge in [0.2, 0.25) is 0 Å². The van der Waals surface area contributed by atoms with Crippen LogP contribution < -0.4 is 14.8 Å². The van der Waals surface area contributed by atoms with Crippen molar-refractivity contribution in [3.8, 4) is 11.5 Å². The van der Waals surface area contributed by atoms with Gasteiger partial charge >= 0.3 is 0 Å². The highest BCUT2D eigenvalue weighted by Gasteiger charge is 2.11. The lowest BCUT2D eigenvalue weighted by Gasteiger charge is -2.09. The van der Waals surface area contributed by atoms with E-state index >= 15 is 0 Å². The molecule has 1 aromatic heterocycles. The molecule has 0 saturated carbocycles. The number of benzene rings is 1. The summed E-state index contributed by atoms with van der Waals surface area (Å²) in [6.07, 6.45) is 2.79. The Bertz CT molecular complexity index is 634. The first-order valence-corrected chi connectivity index (χ1v) is 6.02. The second-order valence-electron chi connectivity index (χ2n) is 3.75. The number of methoxy groups -OCH3 is 2. The third-order valence-corrected chi connectivity index (χ3v) is 2.67. The van der Waals surface area contributed by atoms with Crippen molar-refractivity contribution in [1.29, 1.82) is 0 Å². The first-order valence-electron chi connectivity index (χ1n) is 5.65. The molecule has 1 N–H and O–H groups in total. The van der Waals surface area contributed by atoms with Gasteiger partial charge in [0.25, 0.3) is 5.91 Å². The number of carbonyl (C=O) groups is 1. The van der Waals surface area contributed by atoms with Gasteiger partial charge in [-0.2, -0.15) is 0 Å². The zero-order chi connectivity index (χ0) is 14.5. The van der Waals surface area contributed by atoms with Crippen molar-refractivity contribution in [2.24, 2.45) is 0 Å². The minimum atomic E-state index is -0.345. The van der Waals surface area contributed by atoms with E-state index in [1.165, 1.54) is 26.6 Å². The fraction of sp³-hybridized carbons (Fsp3) is 0.154.